The lowest BCUT2D eigenvalue weighted by molar-refractivity contribution is 0.279. The average Bonchev–Trinajstić information content (AvgIpc) is 1.69. The van der Waals surface area contributed by atoms with Crippen molar-refractivity contribution in [3.8, 4) is 0 Å². The summed E-state index contributed by atoms with van der Waals surface area (Å²) in [5.41, 5.74) is 0. The third kappa shape index (κ3) is 1.18. The van der Waals surface area contributed by atoms with Crippen molar-refractivity contribution in [1.82, 2.24) is 0 Å². The van der Waals surface area contributed by atoms with Gasteiger partial charge in [-0.25, -0.2) is 0 Å². The molecule has 0 amide bonds. The molecule has 0 bridgehead atoms. The quantitative estimate of drug-likeness (QED) is 0.440. The molecular weight excluding hydrogens is 90.1 g/mol. The van der Waals surface area contributed by atoms with Crippen molar-refractivity contribution in [3.05, 3.63) is 0 Å². The van der Waals surface area contributed by atoms with Crippen LogP contribution in [0, 0.1) is 0 Å². The average molecular weight is 99.1 g/mol. The summed E-state index contributed by atoms with van der Waals surface area (Å²) in [7, 11) is 0. The molecule has 0 unspecified atom stereocenters. The van der Waals surface area contributed by atoms with Crippen molar-refractivity contribution < 1.29 is 4.74 Å². The third-order valence-electron chi connectivity index (χ3n) is 1.04. The Balaban J connectivity index is 2.36. The van der Waals surface area contributed by atoms with Crippen molar-refractivity contribution in [1.29, 1.82) is 0 Å². The highest BCUT2D eigenvalue weighted by molar-refractivity contribution is 5.47. The van der Waals surface area contributed by atoms with E-state index in [1.807, 2.05) is 0 Å². The Morgan fingerprint density at radius 3 is 3.00 bits per heavy atom. The Hall–Kier alpha value is -0.530. The topological polar surface area (TPSA) is 21.6 Å². The largest absolute Gasteiger partial charge is 0.483 e. The summed E-state index contributed by atoms with van der Waals surface area (Å²) in [6.07, 6.45) is 2.60. The summed E-state index contributed by atoms with van der Waals surface area (Å²) >= 11 is 0. The van der Waals surface area contributed by atoms with Gasteiger partial charge < -0.3 is 4.74 Å². The van der Waals surface area contributed by atoms with E-state index in [1.54, 1.807) is 0 Å². The van der Waals surface area contributed by atoms with Crippen LogP contribution < -0.4 is 0 Å². The summed E-state index contributed by atoms with van der Waals surface area (Å²) in [5, 5.41) is 0. The van der Waals surface area contributed by atoms with E-state index in [9.17, 15) is 0 Å². The van der Waals surface area contributed by atoms with Gasteiger partial charge in [0.2, 0.25) is 0 Å². The molecule has 0 aromatic heterocycles. The van der Waals surface area contributed by atoms with Crippen LogP contribution in [0.1, 0.15) is 13.3 Å². The van der Waals surface area contributed by atoms with Gasteiger partial charge >= 0.3 is 0 Å². The molecule has 2 heteroatoms. The third-order valence-corrected chi connectivity index (χ3v) is 1.04. The maximum atomic E-state index is 4.85. The van der Waals surface area contributed by atoms with E-state index in [-0.39, 0.29) is 0 Å². The van der Waals surface area contributed by atoms with Gasteiger partial charge in [-0.3, -0.25) is 4.99 Å². The lowest BCUT2D eigenvalue weighted by atomic mass is 10.2. The van der Waals surface area contributed by atoms with E-state index in [1.165, 1.54) is 6.40 Å². The summed E-state index contributed by atoms with van der Waals surface area (Å²) in [6.45, 7) is 2.92. The van der Waals surface area contributed by atoms with E-state index >= 15 is 0 Å². The molecule has 1 aliphatic heterocycles. The zero-order valence-corrected chi connectivity index (χ0v) is 4.42. The standard InChI is InChI=1S/C5H9NO/c1-5-2-3-7-4-6-5/h4-5H,2-3H2,1H3/t5-/m0/s1. The second-order valence-electron chi connectivity index (χ2n) is 1.76. The monoisotopic (exact) mass is 99.1 g/mol. The van der Waals surface area contributed by atoms with Gasteiger partial charge in [0.1, 0.15) is 0 Å². The molecular formula is C5H9NO. The van der Waals surface area contributed by atoms with E-state index in [0.29, 0.717) is 6.04 Å². The summed E-state index contributed by atoms with van der Waals surface area (Å²) < 4.78 is 4.85. The smallest absolute Gasteiger partial charge is 0.169 e. The molecule has 7 heavy (non-hydrogen) atoms. The number of nitrogens with zero attached hydrogens (tertiary/aromatic N) is 1. The van der Waals surface area contributed by atoms with Crippen molar-refractivity contribution in [2.75, 3.05) is 6.61 Å². The molecule has 1 aliphatic rings. The van der Waals surface area contributed by atoms with Crippen molar-refractivity contribution in [3.63, 3.8) is 0 Å². The van der Waals surface area contributed by atoms with Gasteiger partial charge in [-0.15, -0.1) is 0 Å². The van der Waals surface area contributed by atoms with Crippen molar-refractivity contribution >= 4 is 6.40 Å². The minimum absolute atomic E-state index is 0.480. The first-order valence-electron chi connectivity index (χ1n) is 2.53. The Labute approximate surface area is 43.2 Å². The maximum absolute atomic E-state index is 4.85. The Kier molecular flexibility index (Phi) is 1.29. The van der Waals surface area contributed by atoms with Gasteiger partial charge in [-0.1, -0.05) is 0 Å². The fraction of sp³-hybridized carbons (Fsp3) is 0.800. The van der Waals surface area contributed by atoms with E-state index in [0.717, 1.165) is 13.0 Å². The highest BCUT2D eigenvalue weighted by atomic mass is 16.5. The second-order valence-corrected chi connectivity index (χ2v) is 1.76. The minimum atomic E-state index is 0.480. The van der Waals surface area contributed by atoms with E-state index < -0.39 is 0 Å². The molecule has 1 rings (SSSR count). The van der Waals surface area contributed by atoms with Crippen molar-refractivity contribution in [2.45, 2.75) is 19.4 Å². The molecule has 0 spiro atoms. The number of rotatable bonds is 0. The molecule has 40 valence electrons. The summed E-state index contributed by atoms with van der Waals surface area (Å²) in [5.74, 6) is 0. The highest BCUT2D eigenvalue weighted by Gasteiger charge is 2.00. The van der Waals surface area contributed by atoms with Gasteiger partial charge in [0.25, 0.3) is 0 Å². The van der Waals surface area contributed by atoms with Crippen LogP contribution >= 0.6 is 0 Å². The molecule has 1 atom stereocenters. The van der Waals surface area contributed by atoms with Gasteiger partial charge in [0.05, 0.1) is 12.6 Å². The summed E-state index contributed by atoms with van der Waals surface area (Å²) in [6, 6.07) is 0.480. The molecule has 2 nitrogen and oxygen atoms in total. The van der Waals surface area contributed by atoms with Gasteiger partial charge in [0.15, 0.2) is 6.40 Å². The molecule has 0 N–H and O–H groups in total. The second kappa shape index (κ2) is 1.96. The highest BCUT2D eigenvalue weighted by Crippen LogP contribution is 1.99. The molecule has 0 saturated carbocycles. The zero-order valence-electron chi connectivity index (χ0n) is 4.42. The molecule has 1 heterocycles. The predicted molar refractivity (Wildman–Crippen MR) is 28.5 cm³/mol. The summed E-state index contributed by atoms with van der Waals surface area (Å²) in [4.78, 5) is 3.98. The number of hydrogen-bond acceptors (Lipinski definition) is 2. The first-order chi connectivity index (χ1) is 3.39. The van der Waals surface area contributed by atoms with Crippen LogP contribution in [-0.4, -0.2) is 19.0 Å². The fourth-order valence-corrected chi connectivity index (χ4v) is 0.513. The van der Waals surface area contributed by atoms with Crippen molar-refractivity contribution in [2.24, 2.45) is 4.99 Å². The molecule has 0 aliphatic carbocycles. The van der Waals surface area contributed by atoms with Crippen LogP contribution in [0.3, 0.4) is 0 Å². The SMILES string of the molecule is C[C@H]1CCOC=N1. The fourth-order valence-electron chi connectivity index (χ4n) is 0.513. The van der Waals surface area contributed by atoms with Crippen LogP contribution in [-0.2, 0) is 4.74 Å². The molecule has 0 saturated heterocycles. The van der Waals surface area contributed by atoms with Gasteiger partial charge in [-0.05, 0) is 6.92 Å². The lowest BCUT2D eigenvalue weighted by Gasteiger charge is -2.09. The zero-order chi connectivity index (χ0) is 5.11. The first-order valence-corrected chi connectivity index (χ1v) is 2.53. The van der Waals surface area contributed by atoms with E-state index in [2.05, 4.69) is 11.9 Å². The minimum Gasteiger partial charge on any atom is -0.483 e. The molecule has 0 aromatic rings. The maximum Gasteiger partial charge on any atom is 0.169 e. The Morgan fingerprint density at radius 1 is 1.86 bits per heavy atom. The van der Waals surface area contributed by atoms with Crippen LogP contribution in [0.15, 0.2) is 4.99 Å². The normalized spacial score (nSPS) is 29.6. The number of ether oxygens (including phenoxy) is 1. The molecule has 0 fully saturated rings. The predicted octanol–water partition coefficient (Wildman–Crippen LogP) is 0.824. The van der Waals surface area contributed by atoms with E-state index in [4.69, 9.17) is 4.74 Å². The van der Waals surface area contributed by atoms with Crippen LogP contribution in [0.2, 0.25) is 0 Å². The van der Waals surface area contributed by atoms with Crippen LogP contribution in [0.4, 0.5) is 0 Å². The van der Waals surface area contributed by atoms with Gasteiger partial charge in [0, 0.05) is 6.42 Å². The van der Waals surface area contributed by atoms with Gasteiger partial charge in [-0.2, -0.15) is 0 Å². The number of hydrogen-bond donors (Lipinski definition) is 0. The Bertz CT molecular complexity index is 80.1. The number of aliphatic imine (C=N–C) groups is 1. The molecule has 0 aromatic carbocycles. The first kappa shape index (κ1) is 4.62. The Morgan fingerprint density at radius 2 is 2.71 bits per heavy atom. The molecule has 0 radical (unpaired) electrons. The van der Waals surface area contributed by atoms with Crippen LogP contribution in [0.25, 0.3) is 0 Å². The lowest BCUT2D eigenvalue weighted by Crippen LogP contribution is -2.09. The van der Waals surface area contributed by atoms with Crippen LogP contribution in [0.5, 0.6) is 0 Å².